The molecule has 2 heterocycles. The maximum atomic E-state index is 12.9. The lowest BCUT2D eigenvalue weighted by molar-refractivity contribution is 0.0760. The number of pyridine rings is 1. The van der Waals surface area contributed by atoms with Gasteiger partial charge in [-0.1, -0.05) is 29.3 Å². The Bertz CT molecular complexity index is 764. The minimum atomic E-state index is -0.137. The van der Waals surface area contributed by atoms with E-state index in [-0.39, 0.29) is 11.6 Å². The molecule has 1 fully saturated rings. The Kier molecular flexibility index (Phi) is 5.99. The van der Waals surface area contributed by atoms with Crippen LogP contribution in [0.1, 0.15) is 29.4 Å². The normalized spacial score (nSPS) is 14.9. The van der Waals surface area contributed by atoms with E-state index >= 15 is 0 Å². The zero-order chi connectivity index (χ0) is 18.5. The summed E-state index contributed by atoms with van der Waals surface area (Å²) in [7, 11) is 0. The summed E-state index contributed by atoms with van der Waals surface area (Å²) >= 11 is 6.21. The third-order valence-electron chi connectivity index (χ3n) is 4.50. The fourth-order valence-electron chi connectivity index (χ4n) is 3.09. The van der Waals surface area contributed by atoms with Gasteiger partial charge in [-0.3, -0.25) is 4.79 Å². The van der Waals surface area contributed by atoms with Gasteiger partial charge in [0, 0.05) is 37.9 Å². The van der Waals surface area contributed by atoms with E-state index in [0.717, 1.165) is 19.5 Å². The van der Waals surface area contributed by atoms with E-state index in [1.165, 1.54) is 11.3 Å². The summed E-state index contributed by atoms with van der Waals surface area (Å²) in [5.74, 6) is 0.290. The van der Waals surface area contributed by atoms with Gasteiger partial charge in [0.25, 0.3) is 5.91 Å². The van der Waals surface area contributed by atoms with Crippen molar-refractivity contribution in [3.8, 4) is 5.88 Å². The Morgan fingerprint density at radius 3 is 2.62 bits per heavy atom. The van der Waals surface area contributed by atoms with Crippen LogP contribution in [0.25, 0.3) is 0 Å². The van der Waals surface area contributed by atoms with Crippen LogP contribution >= 0.6 is 11.6 Å². The maximum absolute atomic E-state index is 12.9. The van der Waals surface area contributed by atoms with Crippen molar-refractivity contribution in [1.82, 2.24) is 9.88 Å². The third-order valence-corrected chi connectivity index (χ3v) is 4.80. The standard InChI is InChI=1S/C20H24ClN3O2/c1-3-26-18-10-9-17(21)19(22-18)20(25)24-12-4-11-23(13-14-24)16-7-5-15(2)6-8-16/h5-10H,3-4,11-14H2,1-2H3. The number of ether oxygens (including phenoxy) is 1. The molecule has 1 saturated heterocycles. The quantitative estimate of drug-likeness (QED) is 0.817. The molecule has 0 radical (unpaired) electrons. The van der Waals surface area contributed by atoms with E-state index in [4.69, 9.17) is 16.3 Å². The first-order chi connectivity index (χ1) is 12.6. The number of halogens is 1. The predicted octanol–water partition coefficient (Wildman–Crippen LogP) is 3.79. The molecule has 0 saturated carbocycles. The highest BCUT2D eigenvalue weighted by Crippen LogP contribution is 2.22. The average Bonchev–Trinajstić information content (AvgIpc) is 2.90. The van der Waals surface area contributed by atoms with Gasteiger partial charge >= 0.3 is 0 Å². The van der Waals surface area contributed by atoms with E-state index in [0.29, 0.717) is 30.6 Å². The minimum Gasteiger partial charge on any atom is -0.478 e. The molecule has 1 aliphatic rings. The summed E-state index contributed by atoms with van der Waals surface area (Å²) in [5, 5.41) is 0.359. The molecule has 0 unspecified atom stereocenters. The number of aromatic nitrogens is 1. The van der Waals surface area contributed by atoms with Gasteiger partial charge in [0.15, 0.2) is 5.69 Å². The third kappa shape index (κ3) is 4.28. The van der Waals surface area contributed by atoms with Gasteiger partial charge in [-0.25, -0.2) is 4.98 Å². The van der Waals surface area contributed by atoms with E-state index < -0.39 is 0 Å². The van der Waals surface area contributed by atoms with Gasteiger partial charge in [0.1, 0.15) is 0 Å². The molecule has 138 valence electrons. The van der Waals surface area contributed by atoms with Crippen molar-refractivity contribution >= 4 is 23.2 Å². The summed E-state index contributed by atoms with van der Waals surface area (Å²) in [6.07, 6.45) is 0.905. The minimum absolute atomic E-state index is 0.137. The molecule has 1 amide bonds. The largest absolute Gasteiger partial charge is 0.478 e. The van der Waals surface area contributed by atoms with Gasteiger partial charge in [0.2, 0.25) is 5.88 Å². The van der Waals surface area contributed by atoms with E-state index in [2.05, 4.69) is 41.1 Å². The van der Waals surface area contributed by atoms with Crippen molar-refractivity contribution in [2.24, 2.45) is 0 Å². The highest BCUT2D eigenvalue weighted by molar-refractivity contribution is 6.33. The Labute approximate surface area is 159 Å². The molecule has 0 atom stereocenters. The number of aryl methyl sites for hydroxylation is 1. The van der Waals surface area contributed by atoms with Crippen LogP contribution in [-0.4, -0.2) is 48.6 Å². The van der Waals surface area contributed by atoms with Gasteiger partial charge in [-0.15, -0.1) is 0 Å². The zero-order valence-electron chi connectivity index (χ0n) is 15.2. The number of carbonyl (C=O) groups excluding carboxylic acids is 1. The summed E-state index contributed by atoms with van der Waals surface area (Å²) < 4.78 is 5.40. The maximum Gasteiger partial charge on any atom is 0.274 e. The molecule has 3 rings (SSSR count). The van der Waals surface area contributed by atoms with Crippen LogP contribution in [0.3, 0.4) is 0 Å². The lowest BCUT2D eigenvalue weighted by atomic mass is 10.2. The van der Waals surface area contributed by atoms with Crippen molar-refractivity contribution < 1.29 is 9.53 Å². The number of anilines is 1. The molecule has 0 aliphatic carbocycles. The molecule has 0 bridgehead atoms. The number of benzene rings is 1. The fraction of sp³-hybridized carbons (Fsp3) is 0.400. The lowest BCUT2D eigenvalue weighted by Gasteiger charge is -2.24. The summed E-state index contributed by atoms with van der Waals surface area (Å²) in [6.45, 7) is 7.51. The van der Waals surface area contributed by atoms with E-state index in [9.17, 15) is 4.79 Å². The van der Waals surface area contributed by atoms with Crippen molar-refractivity contribution in [2.75, 3.05) is 37.7 Å². The monoisotopic (exact) mass is 373 g/mol. The number of nitrogens with zero attached hydrogens (tertiary/aromatic N) is 3. The first-order valence-corrected chi connectivity index (χ1v) is 9.36. The molecule has 1 aliphatic heterocycles. The number of amides is 1. The first-order valence-electron chi connectivity index (χ1n) is 8.98. The molecular weight excluding hydrogens is 350 g/mol. The van der Waals surface area contributed by atoms with Gasteiger partial charge in [0.05, 0.1) is 11.6 Å². The topological polar surface area (TPSA) is 45.7 Å². The van der Waals surface area contributed by atoms with E-state index in [1.54, 1.807) is 12.1 Å². The smallest absolute Gasteiger partial charge is 0.274 e. The second-order valence-corrected chi connectivity index (χ2v) is 6.79. The fourth-order valence-corrected chi connectivity index (χ4v) is 3.27. The molecule has 1 aromatic carbocycles. The van der Waals surface area contributed by atoms with Gasteiger partial charge in [-0.2, -0.15) is 0 Å². The Morgan fingerprint density at radius 2 is 1.88 bits per heavy atom. The van der Waals surface area contributed by atoms with Crippen LogP contribution < -0.4 is 9.64 Å². The molecule has 0 N–H and O–H groups in total. The van der Waals surface area contributed by atoms with E-state index in [1.807, 2.05) is 11.8 Å². The van der Waals surface area contributed by atoms with Crippen molar-refractivity contribution in [3.63, 3.8) is 0 Å². The SMILES string of the molecule is CCOc1ccc(Cl)c(C(=O)N2CCCN(c3ccc(C)cc3)CC2)n1. The van der Waals surface area contributed by atoms with Crippen LogP contribution in [0.4, 0.5) is 5.69 Å². The Morgan fingerprint density at radius 1 is 1.12 bits per heavy atom. The van der Waals surface area contributed by atoms with Crippen LogP contribution in [0.5, 0.6) is 5.88 Å². The number of hydrogen-bond donors (Lipinski definition) is 0. The average molecular weight is 374 g/mol. The highest BCUT2D eigenvalue weighted by Gasteiger charge is 2.23. The number of hydrogen-bond acceptors (Lipinski definition) is 4. The molecule has 6 heteroatoms. The van der Waals surface area contributed by atoms with Crippen molar-refractivity contribution in [1.29, 1.82) is 0 Å². The number of carbonyl (C=O) groups is 1. The summed E-state index contributed by atoms with van der Waals surface area (Å²) in [4.78, 5) is 21.4. The van der Waals surface area contributed by atoms with Crippen LogP contribution in [0.2, 0.25) is 5.02 Å². The number of rotatable bonds is 4. The summed E-state index contributed by atoms with van der Waals surface area (Å²) in [5.41, 5.74) is 2.70. The van der Waals surface area contributed by atoms with Crippen LogP contribution in [0, 0.1) is 6.92 Å². The second kappa shape index (κ2) is 8.41. The Balaban J connectivity index is 1.71. The molecule has 0 spiro atoms. The van der Waals surface area contributed by atoms with Gasteiger partial charge < -0.3 is 14.5 Å². The highest BCUT2D eigenvalue weighted by atomic mass is 35.5. The van der Waals surface area contributed by atoms with Crippen molar-refractivity contribution in [3.05, 3.63) is 52.7 Å². The summed E-state index contributed by atoms with van der Waals surface area (Å²) in [6, 6.07) is 11.9. The van der Waals surface area contributed by atoms with Gasteiger partial charge in [-0.05, 0) is 38.5 Å². The molecule has 26 heavy (non-hydrogen) atoms. The zero-order valence-corrected chi connectivity index (χ0v) is 16.0. The predicted molar refractivity (Wildman–Crippen MR) is 104 cm³/mol. The lowest BCUT2D eigenvalue weighted by Crippen LogP contribution is -2.35. The molecular formula is C20H24ClN3O2. The molecule has 5 nitrogen and oxygen atoms in total. The second-order valence-electron chi connectivity index (χ2n) is 6.38. The van der Waals surface area contributed by atoms with Crippen LogP contribution in [-0.2, 0) is 0 Å². The van der Waals surface area contributed by atoms with Crippen LogP contribution in [0.15, 0.2) is 36.4 Å². The molecule has 2 aromatic rings. The molecule has 1 aromatic heterocycles. The first kappa shape index (κ1) is 18.5. The van der Waals surface area contributed by atoms with Crippen molar-refractivity contribution in [2.45, 2.75) is 20.3 Å². The Hall–Kier alpha value is -2.27.